The van der Waals surface area contributed by atoms with Gasteiger partial charge >= 0.3 is 5.97 Å². The van der Waals surface area contributed by atoms with Crippen LogP contribution in [0.2, 0.25) is 0 Å². The molecule has 1 saturated carbocycles. The number of thioether (sulfide) groups is 1. The molecule has 5 rings (SSSR count). The van der Waals surface area contributed by atoms with Crippen LogP contribution >= 0.6 is 11.8 Å². The minimum Gasteiger partial charge on any atom is -0.469 e. The van der Waals surface area contributed by atoms with E-state index in [1.807, 2.05) is 24.4 Å². The monoisotopic (exact) mass is 450 g/mol. The van der Waals surface area contributed by atoms with Gasteiger partial charge in [-0.05, 0) is 42.7 Å². The number of fused-ring (bicyclic) bond motifs is 1. The maximum Gasteiger partial charge on any atom is 0.307 e. The number of esters is 1. The van der Waals surface area contributed by atoms with E-state index in [1.165, 1.54) is 24.7 Å². The third-order valence-corrected chi connectivity index (χ3v) is 7.28. The first kappa shape index (κ1) is 20.9. The van der Waals surface area contributed by atoms with Gasteiger partial charge in [0.25, 0.3) is 0 Å². The van der Waals surface area contributed by atoms with Crippen molar-refractivity contribution >= 4 is 39.4 Å². The highest BCUT2D eigenvalue weighted by Gasteiger charge is 2.26. The molecule has 166 valence electrons. The normalized spacial score (nSPS) is 18.8. The second-order valence-corrected chi connectivity index (χ2v) is 9.36. The molecular formula is C24H26N4O3S. The van der Waals surface area contributed by atoms with Crippen LogP contribution in [-0.2, 0) is 9.53 Å². The lowest BCUT2D eigenvalue weighted by Gasteiger charge is -2.17. The Hall–Kier alpha value is -3.00. The van der Waals surface area contributed by atoms with Gasteiger partial charge < -0.3 is 15.3 Å². The fourth-order valence-corrected chi connectivity index (χ4v) is 5.58. The molecule has 2 N–H and O–H groups in total. The van der Waals surface area contributed by atoms with Gasteiger partial charge in [-0.25, -0.2) is 0 Å². The van der Waals surface area contributed by atoms with E-state index in [1.54, 1.807) is 18.0 Å². The summed E-state index contributed by atoms with van der Waals surface area (Å²) in [5.41, 5.74) is 4.39. The Morgan fingerprint density at radius 3 is 2.88 bits per heavy atom. The minimum atomic E-state index is -0.269. The summed E-state index contributed by atoms with van der Waals surface area (Å²) in [4.78, 5) is 20.6. The largest absolute Gasteiger partial charge is 0.469 e. The van der Waals surface area contributed by atoms with Crippen LogP contribution in [0, 0.1) is 0 Å². The highest BCUT2D eigenvalue weighted by Crippen LogP contribution is 2.36. The molecule has 0 radical (unpaired) electrons. The van der Waals surface area contributed by atoms with E-state index in [0.29, 0.717) is 17.5 Å². The number of benzene rings is 1. The Bertz CT molecular complexity index is 1170. The predicted octanol–water partition coefficient (Wildman–Crippen LogP) is 4.72. The molecule has 3 heterocycles. The van der Waals surface area contributed by atoms with Crippen LogP contribution in [0.3, 0.4) is 0 Å². The molecule has 0 amide bonds. The number of ether oxygens (including phenoxy) is 1. The van der Waals surface area contributed by atoms with Gasteiger partial charge in [-0.2, -0.15) is 4.73 Å². The van der Waals surface area contributed by atoms with Crippen LogP contribution < -0.4 is 5.32 Å². The van der Waals surface area contributed by atoms with E-state index >= 15 is 0 Å². The number of hydrogen-bond acceptors (Lipinski definition) is 7. The molecular weight excluding hydrogens is 424 g/mol. The van der Waals surface area contributed by atoms with Gasteiger partial charge in [0.2, 0.25) is 0 Å². The summed E-state index contributed by atoms with van der Waals surface area (Å²) < 4.78 is 6.02. The first-order valence-electron chi connectivity index (χ1n) is 11.0. The number of nitrogens with one attached hydrogen (secondary N) is 1. The van der Waals surface area contributed by atoms with Crippen molar-refractivity contribution in [1.82, 2.24) is 9.71 Å². The summed E-state index contributed by atoms with van der Waals surface area (Å²) in [6, 6.07) is 10.4. The van der Waals surface area contributed by atoms with Crippen molar-refractivity contribution in [3.63, 3.8) is 0 Å². The van der Waals surface area contributed by atoms with E-state index in [9.17, 15) is 10.0 Å². The maximum absolute atomic E-state index is 11.6. The maximum atomic E-state index is 11.6. The van der Waals surface area contributed by atoms with Gasteiger partial charge in [0.15, 0.2) is 0 Å². The summed E-state index contributed by atoms with van der Waals surface area (Å²) in [5.74, 6) is 0.425. The van der Waals surface area contributed by atoms with Crippen LogP contribution in [0.5, 0.6) is 0 Å². The Labute approximate surface area is 190 Å². The third-order valence-electron chi connectivity index (χ3n) is 6.14. The number of anilines is 1. The van der Waals surface area contributed by atoms with Gasteiger partial charge in [0.05, 0.1) is 25.3 Å². The van der Waals surface area contributed by atoms with E-state index in [2.05, 4.69) is 27.4 Å². The molecule has 3 aromatic rings. The molecule has 32 heavy (non-hydrogen) atoms. The molecule has 1 aliphatic carbocycles. The lowest BCUT2D eigenvalue weighted by molar-refractivity contribution is -0.140. The smallest absolute Gasteiger partial charge is 0.307 e. The highest BCUT2D eigenvalue weighted by molar-refractivity contribution is 8.14. The number of hydrogen-bond donors (Lipinski definition) is 2. The van der Waals surface area contributed by atoms with Crippen LogP contribution in [0.1, 0.15) is 37.8 Å². The van der Waals surface area contributed by atoms with Gasteiger partial charge in [-0.1, -0.05) is 18.9 Å². The van der Waals surface area contributed by atoms with Gasteiger partial charge in [-0.3, -0.25) is 14.8 Å². The molecule has 1 aromatic carbocycles. The van der Waals surface area contributed by atoms with E-state index in [4.69, 9.17) is 4.74 Å². The molecule has 2 aliphatic rings. The summed E-state index contributed by atoms with van der Waals surface area (Å²) >= 11 is 1.56. The summed E-state index contributed by atoms with van der Waals surface area (Å²) in [6.07, 6.45) is 8.59. The highest BCUT2D eigenvalue weighted by atomic mass is 32.2. The topological polar surface area (TPSA) is 88.7 Å². The first-order chi connectivity index (χ1) is 15.6. The molecule has 2 aromatic heterocycles. The van der Waals surface area contributed by atoms with Crippen molar-refractivity contribution in [2.75, 3.05) is 18.2 Å². The van der Waals surface area contributed by atoms with E-state index in [0.717, 1.165) is 45.6 Å². The zero-order chi connectivity index (χ0) is 22.1. The number of pyridine rings is 1. The summed E-state index contributed by atoms with van der Waals surface area (Å²) in [6.45, 7) is 0. The summed E-state index contributed by atoms with van der Waals surface area (Å²) in [7, 11) is 1.39. The molecule has 8 heteroatoms. The van der Waals surface area contributed by atoms with Crippen LogP contribution in [0.15, 0.2) is 47.7 Å². The van der Waals surface area contributed by atoms with E-state index in [-0.39, 0.29) is 18.4 Å². The van der Waals surface area contributed by atoms with E-state index < -0.39 is 0 Å². The average molecular weight is 451 g/mol. The molecule has 0 bridgehead atoms. The van der Waals surface area contributed by atoms with Crippen LogP contribution in [0.4, 0.5) is 5.69 Å². The Morgan fingerprint density at radius 1 is 1.28 bits per heavy atom. The second kappa shape index (κ2) is 8.86. The molecule has 7 nitrogen and oxygen atoms in total. The molecule has 1 aliphatic heterocycles. The van der Waals surface area contributed by atoms with Crippen molar-refractivity contribution in [3.8, 4) is 11.1 Å². The fraction of sp³-hybridized carbons (Fsp3) is 0.375. The SMILES string of the molecule is COC(=O)C[C@@H]1CSC(c2cc3cc(-c4cccnc4)cc(NC4CCCC4)c3n2O)=N1. The van der Waals surface area contributed by atoms with Crippen molar-refractivity contribution in [3.05, 3.63) is 48.4 Å². The van der Waals surface area contributed by atoms with Crippen molar-refractivity contribution in [1.29, 1.82) is 0 Å². The standard InChI is InChI=1S/C24H26N4O3S/c1-31-22(29)12-19-14-32-24(27-19)21-11-17-9-16(15-5-4-8-25-13-15)10-20(23(17)28(21)30)26-18-6-2-3-7-18/h4-5,8-11,13,18-19,26,30H,2-3,6-7,12,14H2,1H3/t19-/m1/s1. The summed E-state index contributed by atoms with van der Waals surface area (Å²) in [5, 5.41) is 16.5. The van der Waals surface area contributed by atoms with Crippen molar-refractivity contribution < 1.29 is 14.7 Å². The lowest BCUT2D eigenvalue weighted by Crippen LogP contribution is -2.15. The quantitative estimate of drug-likeness (QED) is 0.417. The van der Waals surface area contributed by atoms with Gasteiger partial charge in [-0.15, -0.1) is 11.8 Å². The second-order valence-electron chi connectivity index (χ2n) is 8.35. The van der Waals surface area contributed by atoms with Crippen molar-refractivity contribution in [2.24, 2.45) is 4.99 Å². The third kappa shape index (κ3) is 4.07. The Morgan fingerprint density at radius 2 is 2.12 bits per heavy atom. The Balaban J connectivity index is 1.57. The number of nitrogens with zero attached hydrogens (tertiary/aromatic N) is 3. The lowest BCUT2D eigenvalue weighted by atomic mass is 10.0. The fourth-order valence-electron chi connectivity index (χ4n) is 4.52. The van der Waals surface area contributed by atoms with Gasteiger partial charge in [0, 0.05) is 35.1 Å². The molecule has 1 fully saturated rings. The number of aromatic nitrogens is 2. The minimum absolute atomic E-state index is 0.137. The van der Waals surface area contributed by atoms with Crippen LogP contribution in [-0.4, -0.2) is 50.9 Å². The number of methoxy groups -OCH3 is 1. The zero-order valence-electron chi connectivity index (χ0n) is 18.0. The number of rotatable bonds is 6. The zero-order valence-corrected chi connectivity index (χ0v) is 18.8. The molecule has 0 spiro atoms. The molecule has 0 unspecified atom stereocenters. The number of carbonyl (C=O) groups excluding carboxylic acids is 1. The molecule has 0 saturated heterocycles. The first-order valence-corrected chi connectivity index (χ1v) is 11.9. The number of aliphatic imine (C=N–C) groups is 1. The number of carbonyl (C=O) groups is 1. The van der Waals surface area contributed by atoms with Crippen LogP contribution in [0.25, 0.3) is 22.0 Å². The Kier molecular flexibility index (Phi) is 5.78. The molecule has 1 atom stereocenters. The van der Waals surface area contributed by atoms with Crippen molar-refractivity contribution in [2.45, 2.75) is 44.2 Å². The average Bonchev–Trinajstić information content (AvgIpc) is 3.55. The predicted molar refractivity (Wildman–Crippen MR) is 128 cm³/mol. The van der Waals surface area contributed by atoms with Gasteiger partial charge in [0.1, 0.15) is 16.3 Å².